The predicted octanol–water partition coefficient (Wildman–Crippen LogP) is 8.56. The molecule has 8 atom stereocenters. The molecule has 4 aliphatic carbocycles. The minimum absolute atomic E-state index is 0.399. The monoisotopic (exact) mass is 428 g/mol. The normalized spacial score (nSPS) is 48.2. The Labute approximate surface area is 193 Å². The van der Waals surface area contributed by atoms with E-state index < -0.39 is 5.60 Å². The summed E-state index contributed by atoms with van der Waals surface area (Å²) in [6.07, 6.45) is 16.7. The van der Waals surface area contributed by atoms with Gasteiger partial charge in [-0.3, -0.25) is 0 Å². The maximum Gasteiger partial charge on any atom is 0.0653 e. The second-order valence-electron chi connectivity index (χ2n) is 14.3. The Hall–Kier alpha value is -0.300. The van der Waals surface area contributed by atoms with Gasteiger partial charge in [-0.05, 0) is 130 Å². The summed E-state index contributed by atoms with van der Waals surface area (Å²) in [5, 5.41) is 11.6. The molecule has 0 aromatic heterocycles. The Morgan fingerprint density at radius 1 is 0.871 bits per heavy atom. The molecule has 4 fully saturated rings. The van der Waals surface area contributed by atoms with Crippen molar-refractivity contribution in [1.29, 1.82) is 0 Å². The van der Waals surface area contributed by atoms with E-state index >= 15 is 0 Å². The first-order valence-electron chi connectivity index (χ1n) is 13.6. The average molecular weight is 429 g/mol. The molecule has 0 spiro atoms. The summed E-state index contributed by atoms with van der Waals surface area (Å²) in [4.78, 5) is 0. The standard InChI is InChI=1S/C30H52O/c1-21(2)11-9-18-30(8,31)23-14-19-28(6)22(23)12-13-25-27(5)17-10-16-26(3,4)24(27)15-20-29(25,28)7/h11,22-25,31H,9-10,12-20H2,1-8H3/t22-,23-,24+,25-,27+,28-,29-,30-/m1/s1. The molecule has 0 saturated heterocycles. The summed E-state index contributed by atoms with van der Waals surface area (Å²) in [6, 6.07) is 0. The summed E-state index contributed by atoms with van der Waals surface area (Å²) in [6.45, 7) is 19.7. The van der Waals surface area contributed by atoms with Gasteiger partial charge in [0.15, 0.2) is 0 Å². The van der Waals surface area contributed by atoms with Crippen LogP contribution in [0.3, 0.4) is 0 Å². The maximum atomic E-state index is 11.6. The van der Waals surface area contributed by atoms with Crippen molar-refractivity contribution in [3.63, 3.8) is 0 Å². The Balaban J connectivity index is 1.61. The first kappa shape index (κ1) is 23.8. The SMILES string of the molecule is CC(C)=CCC[C@@](C)(O)[C@@H]1CC[C@]2(C)[C@@H]1CC[C@@H]1[C@@]3(C)CCCC(C)(C)[C@@H]3CC[C@]12C. The fraction of sp³-hybridized carbons (Fsp3) is 0.933. The van der Waals surface area contributed by atoms with Crippen molar-refractivity contribution in [3.05, 3.63) is 11.6 Å². The molecule has 4 rings (SSSR count). The van der Waals surface area contributed by atoms with Crippen LogP contribution in [-0.2, 0) is 0 Å². The average Bonchev–Trinajstić information content (AvgIpc) is 3.00. The van der Waals surface area contributed by atoms with Crippen LogP contribution in [0, 0.1) is 45.3 Å². The molecule has 0 aromatic rings. The van der Waals surface area contributed by atoms with Gasteiger partial charge in [-0.25, -0.2) is 0 Å². The molecule has 0 aromatic carbocycles. The molecule has 178 valence electrons. The zero-order valence-electron chi connectivity index (χ0n) is 22.1. The lowest BCUT2D eigenvalue weighted by atomic mass is 9.35. The van der Waals surface area contributed by atoms with Gasteiger partial charge in [0.1, 0.15) is 0 Å². The molecule has 0 bridgehead atoms. The third-order valence-electron chi connectivity index (χ3n) is 12.1. The lowest BCUT2D eigenvalue weighted by Crippen LogP contribution is -2.62. The van der Waals surface area contributed by atoms with Crippen LogP contribution in [-0.4, -0.2) is 10.7 Å². The largest absolute Gasteiger partial charge is 0.390 e. The zero-order valence-corrected chi connectivity index (χ0v) is 22.1. The summed E-state index contributed by atoms with van der Waals surface area (Å²) in [5.74, 6) is 2.95. The molecule has 4 saturated carbocycles. The molecule has 0 amide bonds. The van der Waals surface area contributed by atoms with Gasteiger partial charge in [0.25, 0.3) is 0 Å². The lowest BCUT2D eigenvalue weighted by molar-refractivity contribution is -0.208. The number of allylic oxidation sites excluding steroid dienone is 2. The molecule has 1 heteroatoms. The first-order chi connectivity index (χ1) is 14.3. The van der Waals surface area contributed by atoms with Crippen LogP contribution in [0.5, 0.6) is 0 Å². The first-order valence-corrected chi connectivity index (χ1v) is 13.6. The highest BCUT2D eigenvalue weighted by Gasteiger charge is 2.68. The Kier molecular flexibility index (Phi) is 5.85. The zero-order chi connectivity index (χ0) is 22.9. The lowest BCUT2D eigenvalue weighted by Gasteiger charge is -2.69. The molecular weight excluding hydrogens is 376 g/mol. The van der Waals surface area contributed by atoms with Gasteiger partial charge >= 0.3 is 0 Å². The molecule has 4 aliphatic rings. The second-order valence-corrected chi connectivity index (χ2v) is 14.3. The molecule has 0 radical (unpaired) electrons. The van der Waals surface area contributed by atoms with E-state index in [1.54, 1.807) is 0 Å². The van der Waals surface area contributed by atoms with Gasteiger partial charge in [0, 0.05) is 0 Å². The number of hydrogen-bond acceptors (Lipinski definition) is 1. The molecule has 0 aliphatic heterocycles. The number of rotatable bonds is 4. The van der Waals surface area contributed by atoms with Crippen LogP contribution in [0.2, 0.25) is 0 Å². The van der Waals surface area contributed by atoms with E-state index in [-0.39, 0.29) is 0 Å². The number of fused-ring (bicyclic) bond motifs is 5. The van der Waals surface area contributed by atoms with Crippen molar-refractivity contribution < 1.29 is 5.11 Å². The topological polar surface area (TPSA) is 20.2 Å². The van der Waals surface area contributed by atoms with Gasteiger partial charge < -0.3 is 5.11 Å². The van der Waals surface area contributed by atoms with Crippen LogP contribution in [0.1, 0.15) is 126 Å². The highest BCUT2D eigenvalue weighted by Crippen LogP contribution is 2.75. The Morgan fingerprint density at radius 3 is 2.23 bits per heavy atom. The van der Waals surface area contributed by atoms with E-state index in [2.05, 4.69) is 61.5 Å². The highest BCUT2D eigenvalue weighted by atomic mass is 16.3. The highest BCUT2D eigenvalue weighted by molar-refractivity contribution is 5.17. The van der Waals surface area contributed by atoms with Gasteiger partial charge in [-0.2, -0.15) is 0 Å². The fourth-order valence-corrected chi connectivity index (χ4v) is 10.4. The summed E-state index contributed by atoms with van der Waals surface area (Å²) >= 11 is 0. The van der Waals surface area contributed by atoms with Crippen LogP contribution in [0.25, 0.3) is 0 Å². The summed E-state index contributed by atoms with van der Waals surface area (Å²) < 4.78 is 0. The molecule has 31 heavy (non-hydrogen) atoms. The van der Waals surface area contributed by atoms with E-state index in [1.165, 1.54) is 63.4 Å². The minimum atomic E-state index is -0.522. The molecule has 0 heterocycles. The quantitative estimate of drug-likeness (QED) is 0.445. The summed E-state index contributed by atoms with van der Waals surface area (Å²) in [5.41, 5.74) is 2.73. The van der Waals surface area contributed by atoms with E-state index in [0.29, 0.717) is 33.5 Å². The van der Waals surface area contributed by atoms with Crippen molar-refractivity contribution in [2.45, 2.75) is 132 Å². The van der Waals surface area contributed by atoms with Crippen LogP contribution in [0.15, 0.2) is 11.6 Å². The van der Waals surface area contributed by atoms with Gasteiger partial charge in [-0.15, -0.1) is 0 Å². The third kappa shape index (κ3) is 3.50. The van der Waals surface area contributed by atoms with Crippen LogP contribution >= 0.6 is 0 Å². The fourth-order valence-electron chi connectivity index (χ4n) is 10.4. The van der Waals surface area contributed by atoms with Crippen molar-refractivity contribution in [2.75, 3.05) is 0 Å². The van der Waals surface area contributed by atoms with Gasteiger partial charge in [0.2, 0.25) is 0 Å². The summed E-state index contributed by atoms with van der Waals surface area (Å²) in [7, 11) is 0. The molecular formula is C30H52O. The number of hydrogen-bond donors (Lipinski definition) is 1. The predicted molar refractivity (Wildman–Crippen MR) is 133 cm³/mol. The smallest absolute Gasteiger partial charge is 0.0653 e. The van der Waals surface area contributed by atoms with E-state index in [1.807, 2.05) is 0 Å². The maximum absolute atomic E-state index is 11.6. The molecule has 0 unspecified atom stereocenters. The van der Waals surface area contributed by atoms with Crippen LogP contribution < -0.4 is 0 Å². The Morgan fingerprint density at radius 2 is 1.55 bits per heavy atom. The van der Waals surface area contributed by atoms with E-state index in [0.717, 1.165) is 24.7 Å². The number of aliphatic hydroxyl groups is 1. The van der Waals surface area contributed by atoms with E-state index in [9.17, 15) is 5.11 Å². The van der Waals surface area contributed by atoms with Crippen molar-refractivity contribution in [1.82, 2.24) is 0 Å². The minimum Gasteiger partial charge on any atom is -0.390 e. The Bertz CT molecular complexity index is 712. The van der Waals surface area contributed by atoms with Gasteiger partial charge in [-0.1, -0.05) is 52.7 Å². The third-order valence-corrected chi connectivity index (χ3v) is 12.1. The van der Waals surface area contributed by atoms with Gasteiger partial charge in [0.05, 0.1) is 5.60 Å². The molecule has 1 N–H and O–H groups in total. The van der Waals surface area contributed by atoms with Crippen molar-refractivity contribution in [2.24, 2.45) is 45.3 Å². The van der Waals surface area contributed by atoms with Crippen LogP contribution in [0.4, 0.5) is 0 Å². The van der Waals surface area contributed by atoms with E-state index in [4.69, 9.17) is 0 Å². The second kappa shape index (κ2) is 7.61. The van der Waals surface area contributed by atoms with Crippen molar-refractivity contribution in [3.8, 4) is 0 Å². The van der Waals surface area contributed by atoms with Crippen molar-refractivity contribution >= 4 is 0 Å². The molecule has 1 nitrogen and oxygen atoms in total.